The Labute approximate surface area is 123 Å². The molecule has 1 aromatic heterocycles. The van der Waals surface area contributed by atoms with E-state index in [1.165, 1.54) is 0 Å². The van der Waals surface area contributed by atoms with E-state index in [0.717, 1.165) is 31.4 Å². The fourth-order valence-electron chi connectivity index (χ4n) is 3.31. The van der Waals surface area contributed by atoms with E-state index in [1.807, 2.05) is 0 Å². The predicted octanol–water partition coefficient (Wildman–Crippen LogP) is 1.57. The first-order chi connectivity index (χ1) is 10.2. The summed E-state index contributed by atoms with van der Waals surface area (Å²) in [6.07, 6.45) is 4.31. The molecule has 2 aliphatic heterocycles. The largest absolute Gasteiger partial charge is 0.381 e. The zero-order chi connectivity index (χ0) is 14.4. The van der Waals surface area contributed by atoms with Crippen molar-refractivity contribution >= 4 is 5.91 Å². The van der Waals surface area contributed by atoms with Crippen molar-refractivity contribution in [3.05, 3.63) is 17.5 Å². The summed E-state index contributed by atoms with van der Waals surface area (Å²) in [6, 6.07) is 1.80. The topological polar surface area (TPSA) is 64.8 Å². The van der Waals surface area contributed by atoms with Crippen molar-refractivity contribution in [1.29, 1.82) is 0 Å². The van der Waals surface area contributed by atoms with Gasteiger partial charge in [0.2, 0.25) is 0 Å². The highest BCUT2D eigenvalue weighted by Crippen LogP contribution is 2.41. The summed E-state index contributed by atoms with van der Waals surface area (Å²) < 4.78 is 16.6. The third-order valence-electron chi connectivity index (χ3n) is 4.75. The number of hydrogen-bond acceptors (Lipinski definition) is 5. The molecule has 1 saturated carbocycles. The number of nitrogens with zero attached hydrogens (tertiary/aromatic N) is 2. The molecule has 1 spiro atoms. The Morgan fingerprint density at radius 2 is 2.24 bits per heavy atom. The molecule has 0 aromatic carbocycles. The third kappa shape index (κ3) is 2.36. The summed E-state index contributed by atoms with van der Waals surface area (Å²) in [6.45, 7) is 1.95. The number of amides is 1. The molecule has 3 aliphatic rings. The standard InChI is InChI=1S/C15H20N2O4/c1-19-11-4-5-20-15(7-11)8-17(9-15)14(18)12-6-13(21-16-12)10-2-3-10/h6,10-11H,2-5,7-9H2,1H3/t11-/m1/s1. The number of carbonyl (C=O) groups excluding carboxylic acids is 1. The molecular weight excluding hydrogens is 272 g/mol. The Balaban J connectivity index is 1.38. The molecule has 6 heteroatoms. The number of methoxy groups -OCH3 is 1. The maximum atomic E-state index is 12.4. The highest BCUT2D eigenvalue weighted by atomic mass is 16.5. The Bertz CT molecular complexity index is 546. The Kier molecular flexibility index (Phi) is 3.04. The minimum absolute atomic E-state index is 0.0561. The highest BCUT2D eigenvalue weighted by molar-refractivity contribution is 5.93. The van der Waals surface area contributed by atoms with E-state index in [1.54, 1.807) is 18.1 Å². The highest BCUT2D eigenvalue weighted by Gasteiger charge is 2.50. The maximum Gasteiger partial charge on any atom is 0.276 e. The lowest BCUT2D eigenvalue weighted by atomic mass is 9.84. The fourth-order valence-corrected chi connectivity index (χ4v) is 3.31. The molecule has 21 heavy (non-hydrogen) atoms. The Hall–Kier alpha value is -1.40. The average Bonchev–Trinajstić information content (AvgIpc) is 3.21. The van der Waals surface area contributed by atoms with Gasteiger partial charge in [-0.3, -0.25) is 4.79 Å². The van der Waals surface area contributed by atoms with Crippen LogP contribution in [0.25, 0.3) is 0 Å². The van der Waals surface area contributed by atoms with Crippen LogP contribution in [0.3, 0.4) is 0 Å². The Morgan fingerprint density at radius 1 is 1.43 bits per heavy atom. The number of aromatic nitrogens is 1. The number of hydrogen-bond donors (Lipinski definition) is 0. The van der Waals surface area contributed by atoms with Crippen LogP contribution in [0.2, 0.25) is 0 Å². The van der Waals surface area contributed by atoms with Gasteiger partial charge in [0.1, 0.15) is 11.4 Å². The van der Waals surface area contributed by atoms with Gasteiger partial charge < -0.3 is 18.9 Å². The van der Waals surface area contributed by atoms with Crippen LogP contribution in [-0.4, -0.2) is 54.5 Å². The van der Waals surface area contributed by atoms with E-state index >= 15 is 0 Å². The van der Waals surface area contributed by atoms with Gasteiger partial charge in [0.05, 0.1) is 19.2 Å². The lowest BCUT2D eigenvalue weighted by Crippen LogP contribution is -2.67. The van der Waals surface area contributed by atoms with Crippen LogP contribution in [0.4, 0.5) is 0 Å². The second-order valence-electron chi connectivity index (χ2n) is 6.43. The molecule has 1 aliphatic carbocycles. The molecule has 3 fully saturated rings. The number of likely N-dealkylation sites (tertiary alicyclic amines) is 1. The quantitative estimate of drug-likeness (QED) is 0.846. The van der Waals surface area contributed by atoms with Gasteiger partial charge in [-0.1, -0.05) is 5.16 Å². The van der Waals surface area contributed by atoms with Crippen molar-refractivity contribution in [3.63, 3.8) is 0 Å². The Morgan fingerprint density at radius 3 is 2.95 bits per heavy atom. The second-order valence-corrected chi connectivity index (χ2v) is 6.43. The van der Waals surface area contributed by atoms with Crippen molar-refractivity contribution in [2.75, 3.05) is 26.8 Å². The van der Waals surface area contributed by atoms with Gasteiger partial charge in [-0.05, 0) is 19.3 Å². The SMILES string of the molecule is CO[C@@H]1CCOC2(C1)CN(C(=O)c1cc(C3CC3)on1)C2. The summed E-state index contributed by atoms with van der Waals surface area (Å²) in [5, 5.41) is 3.91. The van der Waals surface area contributed by atoms with Crippen LogP contribution in [0.15, 0.2) is 10.6 Å². The van der Waals surface area contributed by atoms with Crippen LogP contribution in [0.1, 0.15) is 47.8 Å². The maximum absolute atomic E-state index is 12.4. The second kappa shape index (κ2) is 4.81. The van der Waals surface area contributed by atoms with Crippen LogP contribution >= 0.6 is 0 Å². The molecule has 2 saturated heterocycles. The van der Waals surface area contributed by atoms with Gasteiger partial charge in [-0.25, -0.2) is 0 Å². The molecule has 1 aromatic rings. The first-order valence-electron chi connectivity index (χ1n) is 7.62. The van der Waals surface area contributed by atoms with Crippen molar-refractivity contribution in [1.82, 2.24) is 10.1 Å². The molecule has 0 N–H and O–H groups in total. The summed E-state index contributed by atoms with van der Waals surface area (Å²) in [4.78, 5) is 14.2. The van der Waals surface area contributed by atoms with Gasteiger partial charge in [-0.2, -0.15) is 0 Å². The number of ether oxygens (including phenoxy) is 2. The lowest BCUT2D eigenvalue weighted by Gasteiger charge is -2.52. The fraction of sp³-hybridized carbons (Fsp3) is 0.733. The van der Waals surface area contributed by atoms with Crippen LogP contribution < -0.4 is 0 Å². The normalized spacial score (nSPS) is 27.7. The van der Waals surface area contributed by atoms with E-state index in [-0.39, 0.29) is 17.6 Å². The minimum atomic E-state index is -0.211. The summed E-state index contributed by atoms with van der Waals surface area (Å²) in [7, 11) is 1.74. The van der Waals surface area contributed by atoms with Crippen LogP contribution in [0.5, 0.6) is 0 Å². The summed E-state index contributed by atoms with van der Waals surface area (Å²) >= 11 is 0. The predicted molar refractivity (Wildman–Crippen MR) is 73.1 cm³/mol. The molecule has 114 valence electrons. The van der Waals surface area contributed by atoms with Crippen molar-refractivity contribution < 1.29 is 18.8 Å². The van der Waals surface area contributed by atoms with Crippen LogP contribution in [0, 0.1) is 0 Å². The third-order valence-corrected chi connectivity index (χ3v) is 4.75. The number of rotatable bonds is 3. The first-order valence-corrected chi connectivity index (χ1v) is 7.62. The molecular formula is C15H20N2O4. The van der Waals surface area contributed by atoms with E-state index in [4.69, 9.17) is 14.0 Å². The molecule has 1 amide bonds. The molecule has 4 rings (SSSR count). The first kappa shape index (κ1) is 13.3. The monoisotopic (exact) mass is 292 g/mol. The molecule has 6 nitrogen and oxygen atoms in total. The zero-order valence-corrected chi connectivity index (χ0v) is 12.2. The van der Waals surface area contributed by atoms with Gasteiger partial charge >= 0.3 is 0 Å². The zero-order valence-electron chi connectivity index (χ0n) is 12.2. The van der Waals surface area contributed by atoms with Crippen molar-refractivity contribution in [2.24, 2.45) is 0 Å². The molecule has 0 radical (unpaired) electrons. The minimum Gasteiger partial charge on any atom is -0.381 e. The number of carbonyl (C=O) groups is 1. The summed E-state index contributed by atoms with van der Waals surface area (Å²) in [5.41, 5.74) is 0.211. The lowest BCUT2D eigenvalue weighted by molar-refractivity contribution is -0.182. The van der Waals surface area contributed by atoms with E-state index in [2.05, 4.69) is 5.16 Å². The molecule has 1 atom stereocenters. The molecule has 0 unspecified atom stereocenters. The molecule has 0 bridgehead atoms. The molecule has 3 heterocycles. The average molecular weight is 292 g/mol. The van der Waals surface area contributed by atoms with Crippen molar-refractivity contribution in [3.8, 4) is 0 Å². The van der Waals surface area contributed by atoms with Gasteiger partial charge in [-0.15, -0.1) is 0 Å². The summed E-state index contributed by atoms with van der Waals surface area (Å²) in [5.74, 6) is 1.27. The van der Waals surface area contributed by atoms with E-state index in [0.29, 0.717) is 31.3 Å². The van der Waals surface area contributed by atoms with Crippen molar-refractivity contribution in [2.45, 2.75) is 43.3 Å². The van der Waals surface area contributed by atoms with Crippen LogP contribution in [-0.2, 0) is 9.47 Å². The van der Waals surface area contributed by atoms with E-state index < -0.39 is 0 Å². The smallest absolute Gasteiger partial charge is 0.276 e. The van der Waals surface area contributed by atoms with Gasteiger partial charge in [0, 0.05) is 32.1 Å². The van der Waals surface area contributed by atoms with Gasteiger partial charge in [0.15, 0.2) is 5.69 Å². The van der Waals surface area contributed by atoms with Gasteiger partial charge in [0.25, 0.3) is 5.91 Å². The van der Waals surface area contributed by atoms with E-state index in [9.17, 15) is 4.79 Å².